The zero-order chi connectivity index (χ0) is 14.1. The molecule has 0 amide bonds. The molecule has 0 aliphatic rings. The average Bonchev–Trinajstić information content (AvgIpc) is 2.84. The number of benzene rings is 1. The van der Waals surface area contributed by atoms with E-state index in [0.29, 0.717) is 28.6 Å². The van der Waals surface area contributed by atoms with Crippen molar-refractivity contribution in [2.24, 2.45) is 7.05 Å². The van der Waals surface area contributed by atoms with Gasteiger partial charge in [0.1, 0.15) is 5.75 Å². The summed E-state index contributed by atoms with van der Waals surface area (Å²) in [6.07, 6.45) is 3.39. The maximum atomic E-state index is 5.91. The molecule has 0 fully saturated rings. The highest BCUT2D eigenvalue weighted by molar-refractivity contribution is 5.80. The molecule has 0 aliphatic carbocycles. The standard InChI is InChI=1S/C14H14N4O2/c1-18-8-17-13-11(18)5-6-16-14(13)20-12-7-9(19-2)3-4-10(12)15/h3-8H,15H2,1-2H3. The third kappa shape index (κ3) is 2.01. The number of aryl methyl sites for hydroxylation is 1. The number of hydrogen-bond acceptors (Lipinski definition) is 5. The van der Waals surface area contributed by atoms with Crippen LogP contribution < -0.4 is 15.2 Å². The van der Waals surface area contributed by atoms with Crippen LogP contribution in [-0.2, 0) is 7.05 Å². The number of aromatic nitrogens is 3. The maximum absolute atomic E-state index is 5.91. The zero-order valence-corrected chi connectivity index (χ0v) is 11.2. The molecule has 2 aromatic heterocycles. The lowest BCUT2D eigenvalue weighted by molar-refractivity contribution is 0.408. The number of ether oxygens (including phenoxy) is 2. The Hall–Kier alpha value is -2.76. The van der Waals surface area contributed by atoms with Crippen LogP contribution in [0, 0.1) is 0 Å². The number of hydrogen-bond donors (Lipinski definition) is 1. The predicted molar refractivity (Wildman–Crippen MR) is 76.0 cm³/mol. The van der Waals surface area contributed by atoms with Crippen LogP contribution >= 0.6 is 0 Å². The van der Waals surface area contributed by atoms with Gasteiger partial charge in [-0.1, -0.05) is 0 Å². The molecule has 0 atom stereocenters. The third-order valence-corrected chi connectivity index (χ3v) is 3.04. The molecule has 20 heavy (non-hydrogen) atoms. The maximum Gasteiger partial charge on any atom is 0.247 e. The number of nitrogens with zero attached hydrogens (tertiary/aromatic N) is 3. The van der Waals surface area contributed by atoms with Crippen molar-refractivity contribution < 1.29 is 9.47 Å². The van der Waals surface area contributed by atoms with Crippen molar-refractivity contribution >= 4 is 16.7 Å². The van der Waals surface area contributed by atoms with Crippen LogP contribution in [0.15, 0.2) is 36.8 Å². The van der Waals surface area contributed by atoms with Gasteiger partial charge in [0.05, 0.1) is 24.6 Å². The molecular formula is C14H14N4O2. The Labute approximate surface area is 115 Å². The van der Waals surface area contributed by atoms with E-state index >= 15 is 0 Å². The van der Waals surface area contributed by atoms with Gasteiger partial charge in [-0.3, -0.25) is 0 Å². The number of fused-ring (bicyclic) bond motifs is 1. The van der Waals surface area contributed by atoms with E-state index < -0.39 is 0 Å². The molecule has 0 radical (unpaired) electrons. The molecule has 3 rings (SSSR count). The first kappa shape index (κ1) is 12.3. The number of imidazole rings is 1. The first-order valence-corrected chi connectivity index (χ1v) is 6.06. The summed E-state index contributed by atoms with van der Waals surface area (Å²) >= 11 is 0. The van der Waals surface area contributed by atoms with Crippen molar-refractivity contribution in [3.8, 4) is 17.4 Å². The monoisotopic (exact) mass is 270 g/mol. The lowest BCUT2D eigenvalue weighted by Crippen LogP contribution is -1.95. The number of pyridine rings is 1. The summed E-state index contributed by atoms with van der Waals surface area (Å²) in [5.41, 5.74) is 8.05. The second kappa shape index (κ2) is 4.73. The van der Waals surface area contributed by atoms with E-state index in [1.807, 2.05) is 17.7 Å². The Morgan fingerprint density at radius 3 is 2.85 bits per heavy atom. The molecule has 2 heterocycles. The summed E-state index contributed by atoms with van der Waals surface area (Å²) in [6, 6.07) is 7.10. The predicted octanol–water partition coefficient (Wildman–Crippen LogP) is 2.35. The fourth-order valence-corrected chi connectivity index (χ4v) is 1.95. The molecular weight excluding hydrogens is 256 g/mol. The minimum atomic E-state index is 0.419. The molecule has 0 aliphatic heterocycles. The van der Waals surface area contributed by atoms with E-state index in [1.165, 1.54) is 0 Å². The number of rotatable bonds is 3. The van der Waals surface area contributed by atoms with Crippen molar-refractivity contribution in [3.63, 3.8) is 0 Å². The molecule has 0 spiro atoms. The number of nitrogen functional groups attached to an aromatic ring is 1. The van der Waals surface area contributed by atoms with Crippen molar-refractivity contribution in [2.45, 2.75) is 0 Å². The summed E-state index contributed by atoms with van der Waals surface area (Å²) in [5.74, 6) is 1.58. The van der Waals surface area contributed by atoms with Crippen LogP contribution in [0.5, 0.6) is 17.4 Å². The van der Waals surface area contributed by atoms with E-state index in [0.717, 1.165) is 5.52 Å². The van der Waals surface area contributed by atoms with Crippen LogP contribution in [0.25, 0.3) is 11.0 Å². The molecule has 102 valence electrons. The van der Waals surface area contributed by atoms with Gasteiger partial charge in [0.2, 0.25) is 5.88 Å². The Bertz CT molecular complexity index is 767. The van der Waals surface area contributed by atoms with Crippen LogP contribution in [0.3, 0.4) is 0 Å². The Morgan fingerprint density at radius 2 is 2.05 bits per heavy atom. The van der Waals surface area contributed by atoms with Gasteiger partial charge in [0.25, 0.3) is 0 Å². The van der Waals surface area contributed by atoms with E-state index in [1.54, 1.807) is 37.8 Å². The van der Waals surface area contributed by atoms with Crippen LogP contribution in [0.2, 0.25) is 0 Å². The fourth-order valence-electron chi connectivity index (χ4n) is 1.95. The lowest BCUT2D eigenvalue weighted by Gasteiger charge is -2.09. The van der Waals surface area contributed by atoms with Gasteiger partial charge in [0.15, 0.2) is 11.3 Å². The Balaban J connectivity index is 2.05. The van der Waals surface area contributed by atoms with Crippen molar-refractivity contribution in [1.29, 1.82) is 0 Å². The normalized spacial score (nSPS) is 10.7. The van der Waals surface area contributed by atoms with Gasteiger partial charge < -0.3 is 19.8 Å². The second-order valence-corrected chi connectivity index (χ2v) is 4.35. The van der Waals surface area contributed by atoms with Crippen LogP contribution in [0.1, 0.15) is 0 Å². The first-order chi connectivity index (χ1) is 9.69. The largest absolute Gasteiger partial charge is 0.497 e. The van der Waals surface area contributed by atoms with Crippen molar-refractivity contribution in [1.82, 2.24) is 14.5 Å². The van der Waals surface area contributed by atoms with E-state index in [9.17, 15) is 0 Å². The summed E-state index contributed by atoms with van der Waals surface area (Å²) in [4.78, 5) is 8.51. The van der Waals surface area contributed by atoms with Crippen LogP contribution in [-0.4, -0.2) is 21.6 Å². The Kier molecular flexibility index (Phi) is 2.90. The molecule has 6 heteroatoms. The minimum Gasteiger partial charge on any atom is -0.497 e. The molecule has 0 unspecified atom stereocenters. The average molecular weight is 270 g/mol. The lowest BCUT2D eigenvalue weighted by atomic mass is 10.3. The highest BCUT2D eigenvalue weighted by Gasteiger charge is 2.11. The summed E-state index contributed by atoms with van der Waals surface area (Å²) in [6.45, 7) is 0. The quantitative estimate of drug-likeness (QED) is 0.739. The molecule has 2 N–H and O–H groups in total. The smallest absolute Gasteiger partial charge is 0.247 e. The fraction of sp³-hybridized carbons (Fsp3) is 0.143. The van der Waals surface area contributed by atoms with Gasteiger partial charge in [-0.15, -0.1) is 0 Å². The van der Waals surface area contributed by atoms with E-state index in [2.05, 4.69) is 9.97 Å². The van der Waals surface area contributed by atoms with Crippen LogP contribution in [0.4, 0.5) is 5.69 Å². The molecule has 1 aromatic carbocycles. The summed E-state index contributed by atoms with van der Waals surface area (Å²) in [5, 5.41) is 0. The second-order valence-electron chi connectivity index (χ2n) is 4.35. The molecule has 0 bridgehead atoms. The summed E-state index contributed by atoms with van der Waals surface area (Å²) < 4.78 is 12.9. The molecule has 6 nitrogen and oxygen atoms in total. The number of nitrogens with two attached hydrogens (primary N) is 1. The van der Waals surface area contributed by atoms with Gasteiger partial charge in [-0.05, 0) is 18.2 Å². The van der Waals surface area contributed by atoms with Gasteiger partial charge >= 0.3 is 0 Å². The molecule has 0 saturated heterocycles. The van der Waals surface area contributed by atoms with Crippen molar-refractivity contribution in [3.05, 3.63) is 36.8 Å². The number of methoxy groups -OCH3 is 1. The summed E-state index contributed by atoms with van der Waals surface area (Å²) in [7, 11) is 3.51. The van der Waals surface area contributed by atoms with Gasteiger partial charge in [0, 0.05) is 19.3 Å². The third-order valence-electron chi connectivity index (χ3n) is 3.04. The van der Waals surface area contributed by atoms with E-state index in [4.69, 9.17) is 15.2 Å². The van der Waals surface area contributed by atoms with Gasteiger partial charge in [-0.2, -0.15) is 0 Å². The number of anilines is 1. The zero-order valence-electron chi connectivity index (χ0n) is 11.2. The highest BCUT2D eigenvalue weighted by Crippen LogP contribution is 2.32. The van der Waals surface area contributed by atoms with Crippen molar-refractivity contribution in [2.75, 3.05) is 12.8 Å². The van der Waals surface area contributed by atoms with E-state index in [-0.39, 0.29) is 0 Å². The molecule has 3 aromatic rings. The topological polar surface area (TPSA) is 75.2 Å². The first-order valence-electron chi connectivity index (χ1n) is 6.06. The minimum absolute atomic E-state index is 0.419. The Morgan fingerprint density at radius 1 is 1.20 bits per heavy atom. The van der Waals surface area contributed by atoms with Gasteiger partial charge in [-0.25, -0.2) is 9.97 Å². The SMILES string of the molecule is COc1ccc(N)c(Oc2nccc3c2ncn3C)c1. The highest BCUT2D eigenvalue weighted by atomic mass is 16.5. The molecule has 0 saturated carbocycles.